The summed E-state index contributed by atoms with van der Waals surface area (Å²) in [6, 6.07) is 0. The Kier molecular flexibility index (Phi) is 4.58. The number of rotatable bonds is 4. The fourth-order valence-corrected chi connectivity index (χ4v) is 0.627. The van der Waals surface area contributed by atoms with Crippen molar-refractivity contribution in [1.29, 1.82) is 0 Å². The molecule has 0 N–H and O–H groups in total. The second kappa shape index (κ2) is 4.68. The summed E-state index contributed by atoms with van der Waals surface area (Å²) in [6.07, 6.45) is 1.03. The van der Waals surface area contributed by atoms with E-state index >= 15 is 0 Å². The molecule has 0 aliphatic heterocycles. The van der Waals surface area contributed by atoms with E-state index in [1.165, 1.54) is 0 Å². The molecule has 0 saturated carbocycles. The highest BCUT2D eigenvalue weighted by atomic mass is 19.3. The molecule has 0 rings (SSSR count). The fraction of sp³-hybridized carbons (Fsp3) is 1.00. The van der Waals surface area contributed by atoms with E-state index in [-0.39, 0.29) is 6.10 Å². The van der Waals surface area contributed by atoms with Gasteiger partial charge in [-0.2, -0.15) is 8.78 Å². The standard InChI is InChI=1S/C6H12F2O/c1-3-5(4-2)9-6(7)8/h5-6H,3-4H2,1-2H3. The Morgan fingerprint density at radius 2 is 1.67 bits per heavy atom. The van der Waals surface area contributed by atoms with Crippen LogP contribution in [0, 0.1) is 0 Å². The minimum absolute atomic E-state index is 0.273. The Labute approximate surface area is 54.0 Å². The van der Waals surface area contributed by atoms with Gasteiger partial charge in [0.1, 0.15) is 0 Å². The predicted octanol–water partition coefficient (Wildman–Crippen LogP) is 2.41. The number of alkyl halides is 2. The maximum atomic E-state index is 11.4. The van der Waals surface area contributed by atoms with Crippen LogP contribution in [0.5, 0.6) is 0 Å². The van der Waals surface area contributed by atoms with Gasteiger partial charge in [0.25, 0.3) is 0 Å². The highest BCUT2D eigenvalue weighted by Gasteiger charge is 2.09. The molecular formula is C6H12F2O. The monoisotopic (exact) mass is 138 g/mol. The summed E-state index contributed by atoms with van der Waals surface area (Å²) in [6.45, 7) is 1.04. The molecule has 0 spiro atoms. The fourth-order valence-electron chi connectivity index (χ4n) is 0.627. The molecule has 56 valence electrons. The van der Waals surface area contributed by atoms with Gasteiger partial charge in [-0.05, 0) is 12.8 Å². The van der Waals surface area contributed by atoms with Crippen molar-refractivity contribution >= 4 is 0 Å². The quantitative estimate of drug-likeness (QED) is 0.579. The highest BCUT2D eigenvalue weighted by Crippen LogP contribution is 2.07. The number of hydrogen-bond acceptors (Lipinski definition) is 1. The molecule has 0 aliphatic rings. The molecule has 0 aromatic carbocycles. The van der Waals surface area contributed by atoms with Crippen LogP contribution in [-0.2, 0) is 4.74 Å². The van der Waals surface area contributed by atoms with Crippen LogP contribution in [0.15, 0.2) is 0 Å². The van der Waals surface area contributed by atoms with Gasteiger partial charge in [0, 0.05) is 0 Å². The largest absolute Gasteiger partial charge is 0.345 e. The summed E-state index contributed by atoms with van der Waals surface area (Å²) in [5.74, 6) is 0. The summed E-state index contributed by atoms with van der Waals surface area (Å²) in [4.78, 5) is 0. The molecule has 0 aromatic rings. The molecule has 1 nitrogen and oxygen atoms in total. The molecule has 0 unspecified atom stereocenters. The third-order valence-corrected chi connectivity index (χ3v) is 1.21. The second-order valence-electron chi connectivity index (χ2n) is 1.84. The molecule has 9 heavy (non-hydrogen) atoms. The molecular weight excluding hydrogens is 126 g/mol. The van der Waals surface area contributed by atoms with E-state index in [9.17, 15) is 8.78 Å². The molecule has 0 aliphatic carbocycles. The van der Waals surface area contributed by atoms with Gasteiger partial charge >= 0.3 is 6.61 Å². The van der Waals surface area contributed by atoms with Gasteiger partial charge < -0.3 is 4.74 Å². The van der Waals surface area contributed by atoms with Gasteiger partial charge in [-0.15, -0.1) is 0 Å². The average Bonchev–Trinajstić information content (AvgIpc) is 1.82. The second-order valence-corrected chi connectivity index (χ2v) is 1.84. The van der Waals surface area contributed by atoms with E-state index in [1.54, 1.807) is 0 Å². The van der Waals surface area contributed by atoms with Crippen LogP contribution in [0.4, 0.5) is 8.78 Å². The summed E-state index contributed by atoms with van der Waals surface area (Å²) in [5, 5.41) is 0. The Balaban J connectivity index is 3.31. The van der Waals surface area contributed by atoms with E-state index in [0.29, 0.717) is 12.8 Å². The summed E-state index contributed by atoms with van der Waals surface area (Å²) in [7, 11) is 0. The summed E-state index contributed by atoms with van der Waals surface area (Å²) >= 11 is 0. The first-order chi connectivity index (χ1) is 4.20. The third kappa shape index (κ3) is 4.33. The highest BCUT2D eigenvalue weighted by molar-refractivity contribution is 4.49. The summed E-state index contributed by atoms with van der Waals surface area (Å²) in [5.41, 5.74) is 0. The molecule has 0 aromatic heterocycles. The van der Waals surface area contributed by atoms with Crippen molar-refractivity contribution in [2.45, 2.75) is 39.4 Å². The lowest BCUT2D eigenvalue weighted by Gasteiger charge is -2.11. The molecule has 0 saturated heterocycles. The third-order valence-electron chi connectivity index (χ3n) is 1.21. The van der Waals surface area contributed by atoms with Crippen LogP contribution in [0.25, 0.3) is 0 Å². The zero-order valence-electron chi connectivity index (χ0n) is 5.73. The van der Waals surface area contributed by atoms with Crippen LogP contribution in [-0.4, -0.2) is 12.7 Å². The first-order valence-electron chi connectivity index (χ1n) is 3.14. The normalized spacial score (nSPS) is 11.3. The molecule has 0 fully saturated rings. The van der Waals surface area contributed by atoms with Crippen LogP contribution in [0.2, 0.25) is 0 Å². The van der Waals surface area contributed by atoms with E-state index < -0.39 is 6.61 Å². The van der Waals surface area contributed by atoms with E-state index in [0.717, 1.165) is 0 Å². The molecule has 0 radical (unpaired) electrons. The topological polar surface area (TPSA) is 9.23 Å². The van der Waals surface area contributed by atoms with Gasteiger partial charge in [0.15, 0.2) is 0 Å². The molecule has 0 atom stereocenters. The van der Waals surface area contributed by atoms with Gasteiger partial charge in [0.05, 0.1) is 6.10 Å². The van der Waals surface area contributed by atoms with E-state index in [4.69, 9.17) is 0 Å². The Morgan fingerprint density at radius 1 is 1.22 bits per heavy atom. The van der Waals surface area contributed by atoms with Gasteiger partial charge in [-0.1, -0.05) is 13.8 Å². The number of ether oxygens (including phenoxy) is 1. The molecule has 3 heteroatoms. The van der Waals surface area contributed by atoms with E-state index in [1.807, 2.05) is 13.8 Å². The maximum absolute atomic E-state index is 11.4. The minimum Gasteiger partial charge on any atom is -0.320 e. The van der Waals surface area contributed by atoms with Gasteiger partial charge in [0.2, 0.25) is 0 Å². The smallest absolute Gasteiger partial charge is 0.320 e. The Bertz CT molecular complexity index is 62.1. The lowest BCUT2D eigenvalue weighted by molar-refractivity contribution is -0.163. The van der Waals surface area contributed by atoms with Crippen molar-refractivity contribution in [2.24, 2.45) is 0 Å². The van der Waals surface area contributed by atoms with Crippen LogP contribution in [0.3, 0.4) is 0 Å². The summed E-state index contributed by atoms with van der Waals surface area (Å²) < 4.78 is 27.1. The lowest BCUT2D eigenvalue weighted by atomic mass is 10.2. The first kappa shape index (κ1) is 8.82. The zero-order valence-corrected chi connectivity index (χ0v) is 5.73. The van der Waals surface area contributed by atoms with Crippen LogP contribution >= 0.6 is 0 Å². The molecule has 0 amide bonds. The van der Waals surface area contributed by atoms with Gasteiger partial charge in [-0.3, -0.25) is 0 Å². The molecule has 0 bridgehead atoms. The van der Waals surface area contributed by atoms with Crippen molar-refractivity contribution in [3.8, 4) is 0 Å². The van der Waals surface area contributed by atoms with Crippen molar-refractivity contribution < 1.29 is 13.5 Å². The van der Waals surface area contributed by atoms with E-state index in [2.05, 4.69) is 4.74 Å². The predicted molar refractivity (Wildman–Crippen MR) is 31.5 cm³/mol. The maximum Gasteiger partial charge on any atom is 0.345 e. The van der Waals surface area contributed by atoms with Crippen molar-refractivity contribution in [2.75, 3.05) is 0 Å². The van der Waals surface area contributed by atoms with Crippen LogP contribution in [0.1, 0.15) is 26.7 Å². The zero-order chi connectivity index (χ0) is 7.28. The Morgan fingerprint density at radius 3 is 1.78 bits per heavy atom. The van der Waals surface area contributed by atoms with Crippen LogP contribution < -0.4 is 0 Å². The molecule has 0 heterocycles. The minimum atomic E-state index is -2.62. The average molecular weight is 138 g/mol. The lowest BCUT2D eigenvalue weighted by Crippen LogP contribution is -2.13. The number of hydrogen-bond donors (Lipinski definition) is 0. The SMILES string of the molecule is CCC(CC)OC(F)F. The number of halogens is 2. The van der Waals surface area contributed by atoms with Crippen molar-refractivity contribution in [3.05, 3.63) is 0 Å². The Hall–Kier alpha value is -0.180. The van der Waals surface area contributed by atoms with Crippen molar-refractivity contribution in [1.82, 2.24) is 0 Å². The van der Waals surface area contributed by atoms with Gasteiger partial charge in [-0.25, -0.2) is 0 Å². The first-order valence-corrected chi connectivity index (χ1v) is 3.14. The van der Waals surface area contributed by atoms with Crippen molar-refractivity contribution in [3.63, 3.8) is 0 Å².